The summed E-state index contributed by atoms with van der Waals surface area (Å²) in [4.78, 5) is 26.2. The molecule has 150 valence electrons. The number of benzene rings is 2. The van der Waals surface area contributed by atoms with Crippen molar-refractivity contribution >= 4 is 29.2 Å². The van der Waals surface area contributed by atoms with Crippen LogP contribution in [0.2, 0.25) is 5.02 Å². The lowest BCUT2D eigenvalue weighted by Gasteiger charge is -2.26. The lowest BCUT2D eigenvalue weighted by molar-refractivity contribution is -0.146. The number of carbonyl (C=O) groups excluding carboxylic acids is 1. The summed E-state index contributed by atoms with van der Waals surface area (Å²) in [5.74, 6) is -1.40. The van der Waals surface area contributed by atoms with Gasteiger partial charge in [0, 0.05) is 28.4 Å². The Kier molecular flexibility index (Phi) is 6.21. The molecule has 0 radical (unpaired) electrons. The molecule has 0 unspecified atom stereocenters. The van der Waals surface area contributed by atoms with Gasteiger partial charge >= 0.3 is 5.97 Å². The first-order valence-electron chi connectivity index (χ1n) is 9.29. The molecule has 0 fully saturated rings. The van der Waals surface area contributed by atoms with Crippen molar-refractivity contribution in [2.45, 2.75) is 32.5 Å². The standard InChI is InChI=1S/C22H21ClN2O4/c1-13(2)12-25-18-8-7-14(11-24)9-16(18)21(15-5-3-4-6-17(15)23)29-19(22(25)28)10-20(26)27/h3-9,13,19,21H,10,12H2,1-2H3,(H,26,27)/t19-,21-/m1/s1. The van der Waals surface area contributed by atoms with Crippen LogP contribution in [0.3, 0.4) is 0 Å². The molecule has 1 amide bonds. The Bertz CT molecular complexity index is 983. The molecule has 0 aliphatic carbocycles. The molecular weight excluding hydrogens is 392 g/mol. The summed E-state index contributed by atoms with van der Waals surface area (Å²) in [7, 11) is 0. The van der Waals surface area contributed by atoms with Gasteiger partial charge in [0.2, 0.25) is 0 Å². The maximum absolute atomic E-state index is 13.2. The smallest absolute Gasteiger partial charge is 0.306 e. The van der Waals surface area contributed by atoms with E-state index in [2.05, 4.69) is 6.07 Å². The lowest BCUT2D eigenvalue weighted by atomic mass is 9.97. The molecule has 0 saturated carbocycles. The summed E-state index contributed by atoms with van der Waals surface area (Å²) < 4.78 is 6.07. The van der Waals surface area contributed by atoms with Gasteiger partial charge in [-0.3, -0.25) is 9.59 Å². The average Bonchev–Trinajstić information content (AvgIpc) is 2.78. The highest BCUT2D eigenvalue weighted by Crippen LogP contribution is 2.41. The van der Waals surface area contributed by atoms with Crippen molar-refractivity contribution in [2.24, 2.45) is 5.92 Å². The van der Waals surface area contributed by atoms with Crippen LogP contribution in [0.1, 0.15) is 43.1 Å². The van der Waals surface area contributed by atoms with E-state index in [0.717, 1.165) is 0 Å². The minimum Gasteiger partial charge on any atom is -0.481 e. The topological polar surface area (TPSA) is 90.6 Å². The first-order chi connectivity index (χ1) is 13.8. The number of rotatable bonds is 5. The second-order valence-corrected chi connectivity index (χ2v) is 7.76. The molecule has 2 aromatic carbocycles. The number of fused-ring (bicyclic) bond motifs is 1. The monoisotopic (exact) mass is 412 g/mol. The van der Waals surface area contributed by atoms with Crippen LogP contribution < -0.4 is 4.90 Å². The summed E-state index contributed by atoms with van der Waals surface area (Å²) in [6, 6.07) is 14.2. The van der Waals surface area contributed by atoms with E-state index in [-0.39, 0.29) is 5.92 Å². The molecular formula is C22H21ClN2O4. The van der Waals surface area contributed by atoms with Crippen LogP contribution in [-0.2, 0) is 14.3 Å². The Hall–Kier alpha value is -2.88. The molecule has 1 N–H and O–H groups in total. The van der Waals surface area contributed by atoms with Gasteiger partial charge in [0.15, 0.2) is 0 Å². The minimum atomic E-state index is -1.18. The van der Waals surface area contributed by atoms with Gasteiger partial charge in [0.05, 0.1) is 18.1 Å². The summed E-state index contributed by atoms with van der Waals surface area (Å²) in [5, 5.41) is 19.1. The highest BCUT2D eigenvalue weighted by atomic mass is 35.5. The number of nitrogens with zero attached hydrogens (tertiary/aromatic N) is 2. The quantitative estimate of drug-likeness (QED) is 0.796. The third-order valence-corrected chi connectivity index (χ3v) is 5.01. The second-order valence-electron chi connectivity index (χ2n) is 7.35. The molecule has 1 aliphatic rings. The van der Waals surface area contributed by atoms with Gasteiger partial charge in [-0.25, -0.2) is 0 Å². The van der Waals surface area contributed by atoms with Crippen LogP contribution in [0.5, 0.6) is 0 Å². The van der Waals surface area contributed by atoms with Gasteiger partial charge in [-0.15, -0.1) is 0 Å². The normalized spacial score (nSPS) is 18.9. The molecule has 0 spiro atoms. The van der Waals surface area contributed by atoms with E-state index in [4.69, 9.17) is 16.3 Å². The zero-order valence-corrected chi connectivity index (χ0v) is 16.9. The first-order valence-corrected chi connectivity index (χ1v) is 9.66. The number of carboxylic acids is 1. The van der Waals surface area contributed by atoms with Crippen molar-refractivity contribution in [3.8, 4) is 6.07 Å². The molecule has 6 nitrogen and oxygen atoms in total. The molecule has 29 heavy (non-hydrogen) atoms. The number of nitriles is 1. The van der Waals surface area contributed by atoms with Crippen molar-refractivity contribution in [3.05, 3.63) is 64.2 Å². The lowest BCUT2D eigenvalue weighted by Crippen LogP contribution is -2.42. The molecule has 0 aromatic heterocycles. The number of halogens is 1. The number of aliphatic carboxylic acids is 1. The highest BCUT2D eigenvalue weighted by molar-refractivity contribution is 6.31. The minimum absolute atomic E-state index is 0.143. The molecule has 7 heteroatoms. The van der Waals surface area contributed by atoms with E-state index in [1.54, 1.807) is 47.4 Å². The summed E-state index contributed by atoms with van der Waals surface area (Å²) in [5.41, 5.74) is 2.23. The SMILES string of the molecule is CC(C)CN1C(=O)[C@@H](CC(=O)O)O[C@H](c2ccccc2Cl)c2cc(C#N)ccc21. The summed E-state index contributed by atoms with van der Waals surface area (Å²) >= 11 is 6.40. The average molecular weight is 413 g/mol. The Morgan fingerprint density at radius 3 is 2.62 bits per heavy atom. The second kappa shape index (κ2) is 8.64. The van der Waals surface area contributed by atoms with Crippen LogP contribution in [0.4, 0.5) is 5.69 Å². The fraction of sp³-hybridized carbons (Fsp3) is 0.318. The van der Waals surface area contributed by atoms with E-state index in [1.165, 1.54) is 0 Å². The van der Waals surface area contributed by atoms with E-state index in [9.17, 15) is 20.0 Å². The Morgan fingerprint density at radius 1 is 1.28 bits per heavy atom. The maximum atomic E-state index is 13.2. The first kappa shape index (κ1) is 20.8. The molecule has 3 rings (SSSR count). The number of hydrogen-bond acceptors (Lipinski definition) is 4. The highest BCUT2D eigenvalue weighted by Gasteiger charge is 2.38. The van der Waals surface area contributed by atoms with Crippen LogP contribution in [0, 0.1) is 17.2 Å². The van der Waals surface area contributed by atoms with Gasteiger partial charge in [0.1, 0.15) is 12.2 Å². The summed E-state index contributed by atoms with van der Waals surface area (Å²) in [6.45, 7) is 4.34. The molecule has 0 bridgehead atoms. The number of amides is 1. The zero-order valence-electron chi connectivity index (χ0n) is 16.1. The van der Waals surface area contributed by atoms with Crippen LogP contribution >= 0.6 is 11.6 Å². The van der Waals surface area contributed by atoms with Gasteiger partial charge in [-0.1, -0.05) is 43.6 Å². The number of carbonyl (C=O) groups is 2. The van der Waals surface area contributed by atoms with Crippen molar-refractivity contribution in [2.75, 3.05) is 11.4 Å². The number of anilines is 1. The number of hydrogen-bond donors (Lipinski definition) is 1. The van der Waals surface area contributed by atoms with Gasteiger partial charge in [0.25, 0.3) is 5.91 Å². The third-order valence-electron chi connectivity index (χ3n) is 4.67. The maximum Gasteiger partial charge on any atom is 0.306 e. The van der Waals surface area contributed by atoms with Crippen LogP contribution in [0.25, 0.3) is 0 Å². The zero-order chi connectivity index (χ0) is 21.1. The summed E-state index contributed by atoms with van der Waals surface area (Å²) in [6.07, 6.45) is -2.42. The number of carboxylic acid groups (broad SMARTS) is 1. The van der Waals surface area contributed by atoms with E-state index >= 15 is 0 Å². The predicted octanol–water partition coefficient (Wildman–Crippen LogP) is 4.16. The van der Waals surface area contributed by atoms with Crippen molar-refractivity contribution in [1.29, 1.82) is 5.26 Å². The van der Waals surface area contributed by atoms with Crippen molar-refractivity contribution in [3.63, 3.8) is 0 Å². The predicted molar refractivity (Wildman–Crippen MR) is 109 cm³/mol. The Labute approximate surface area is 174 Å². The molecule has 1 heterocycles. The fourth-order valence-electron chi connectivity index (χ4n) is 3.44. The fourth-order valence-corrected chi connectivity index (χ4v) is 3.68. The van der Waals surface area contributed by atoms with E-state index in [1.807, 2.05) is 13.8 Å². The molecule has 2 atom stereocenters. The number of ether oxygens (including phenoxy) is 1. The van der Waals surface area contributed by atoms with Crippen molar-refractivity contribution < 1.29 is 19.4 Å². The molecule has 0 saturated heterocycles. The third kappa shape index (κ3) is 4.42. The Balaban J connectivity index is 2.24. The molecule has 1 aliphatic heterocycles. The van der Waals surface area contributed by atoms with Gasteiger partial charge < -0.3 is 14.7 Å². The largest absolute Gasteiger partial charge is 0.481 e. The Morgan fingerprint density at radius 2 is 2.00 bits per heavy atom. The van der Waals surface area contributed by atoms with Crippen molar-refractivity contribution in [1.82, 2.24) is 0 Å². The van der Waals surface area contributed by atoms with Crippen LogP contribution in [0.15, 0.2) is 42.5 Å². The van der Waals surface area contributed by atoms with E-state index < -0.39 is 30.5 Å². The van der Waals surface area contributed by atoms with Gasteiger partial charge in [-0.2, -0.15) is 5.26 Å². The van der Waals surface area contributed by atoms with Crippen LogP contribution in [-0.4, -0.2) is 29.6 Å². The van der Waals surface area contributed by atoms with E-state index in [0.29, 0.717) is 33.9 Å². The molecule has 2 aromatic rings. The van der Waals surface area contributed by atoms with Gasteiger partial charge in [-0.05, 0) is 30.2 Å².